The maximum Gasteiger partial charge on any atom is 0.114 e. The van der Waals surface area contributed by atoms with Gasteiger partial charge >= 0.3 is 0 Å². The molecule has 1 atom stereocenters. The standard InChI is InChI=1S/C12H21N3/c1-12(2,3)11-14-8-10-6-9(7-13)4-5-15(10)11/h8-9H,4-7,13H2,1-3H3. The third kappa shape index (κ3) is 1.93. The van der Waals surface area contributed by atoms with Crippen LogP contribution >= 0.6 is 0 Å². The van der Waals surface area contributed by atoms with Crippen molar-refractivity contribution in [3.05, 3.63) is 17.7 Å². The fourth-order valence-corrected chi connectivity index (χ4v) is 2.33. The van der Waals surface area contributed by atoms with Crippen molar-refractivity contribution >= 4 is 0 Å². The molecule has 2 rings (SSSR count). The maximum atomic E-state index is 5.72. The summed E-state index contributed by atoms with van der Waals surface area (Å²) < 4.78 is 2.38. The van der Waals surface area contributed by atoms with E-state index in [1.54, 1.807) is 0 Å². The van der Waals surface area contributed by atoms with Crippen LogP contribution in [0.25, 0.3) is 0 Å². The van der Waals surface area contributed by atoms with Crippen molar-refractivity contribution in [2.75, 3.05) is 6.54 Å². The third-order valence-electron chi connectivity index (χ3n) is 3.20. The zero-order valence-electron chi connectivity index (χ0n) is 9.95. The van der Waals surface area contributed by atoms with Crippen LogP contribution in [0.1, 0.15) is 38.7 Å². The summed E-state index contributed by atoms with van der Waals surface area (Å²) in [5, 5.41) is 0. The Hall–Kier alpha value is -0.830. The van der Waals surface area contributed by atoms with Crippen molar-refractivity contribution < 1.29 is 0 Å². The molecule has 2 heterocycles. The fourth-order valence-electron chi connectivity index (χ4n) is 2.33. The first-order valence-corrected chi connectivity index (χ1v) is 5.77. The van der Waals surface area contributed by atoms with E-state index in [0.29, 0.717) is 5.92 Å². The molecule has 0 amide bonds. The van der Waals surface area contributed by atoms with Crippen LogP contribution in [0.4, 0.5) is 0 Å². The number of rotatable bonds is 1. The molecule has 0 radical (unpaired) electrons. The minimum Gasteiger partial charge on any atom is -0.332 e. The number of hydrogen-bond donors (Lipinski definition) is 1. The fraction of sp³-hybridized carbons (Fsp3) is 0.750. The van der Waals surface area contributed by atoms with Gasteiger partial charge in [-0.3, -0.25) is 0 Å². The van der Waals surface area contributed by atoms with Gasteiger partial charge in [0.15, 0.2) is 0 Å². The van der Waals surface area contributed by atoms with Gasteiger partial charge in [0.2, 0.25) is 0 Å². The Bertz CT molecular complexity index is 346. The number of hydrogen-bond acceptors (Lipinski definition) is 2. The third-order valence-corrected chi connectivity index (χ3v) is 3.20. The summed E-state index contributed by atoms with van der Waals surface area (Å²) in [6.07, 6.45) is 4.32. The highest BCUT2D eigenvalue weighted by atomic mass is 15.1. The van der Waals surface area contributed by atoms with Gasteiger partial charge in [-0.15, -0.1) is 0 Å². The van der Waals surface area contributed by atoms with E-state index < -0.39 is 0 Å². The van der Waals surface area contributed by atoms with Gasteiger partial charge in [-0.1, -0.05) is 20.8 Å². The summed E-state index contributed by atoms with van der Waals surface area (Å²) in [4.78, 5) is 4.56. The van der Waals surface area contributed by atoms with Gasteiger partial charge in [-0.25, -0.2) is 4.98 Å². The number of nitrogens with zero attached hydrogens (tertiary/aromatic N) is 2. The lowest BCUT2D eigenvalue weighted by Crippen LogP contribution is -2.28. The first kappa shape index (κ1) is 10.7. The van der Waals surface area contributed by atoms with Gasteiger partial charge in [-0.05, 0) is 25.3 Å². The molecule has 0 aliphatic carbocycles. The van der Waals surface area contributed by atoms with Crippen LogP contribution in [0.15, 0.2) is 6.20 Å². The molecule has 1 aliphatic heterocycles. The highest BCUT2D eigenvalue weighted by molar-refractivity contribution is 5.14. The lowest BCUT2D eigenvalue weighted by atomic mass is 9.93. The summed E-state index contributed by atoms with van der Waals surface area (Å²) >= 11 is 0. The molecule has 0 fully saturated rings. The monoisotopic (exact) mass is 207 g/mol. The van der Waals surface area contributed by atoms with Crippen molar-refractivity contribution in [3.8, 4) is 0 Å². The van der Waals surface area contributed by atoms with Gasteiger partial charge in [0.1, 0.15) is 5.82 Å². The minimum absolute atomic E-state index is 0.147. The molecule has 84 valence electrons. The van der Waals surface area contributed by atoms with Gasteiger partial charge in [0, 0.05) is 23.9 Å². The number of imidazole rings is 1. The molecule has 1 aromatic rings. The van der Waals surface area contributed by atoms with Crippen molar-refractivity contribution in [1.29, 1.82) is 0 Å². The van der Waals surface area contributed by atoms with Crippen molar-refractivity contribution in [2.45, 2.75) is 45.6 Å². The molecule has 3 nitrogen and oxygen atoms in total. The van der Waals surface area contributed by atoms with E-state index in [1.807, 2.05) is 6.20 Å². The Morgan fingerprint density at radius 3 is 2.87 bits per heavy atom. The number of aromatic nitrogens is 2. The molecule has 1 unspecified atom stereocenters. The van der Waals surface area contributed by atoms with E-state index in [2.05, 4.69) is 30.3 Å². The smallest absolute Gasteiger partial charge is 0.114 e. The quantitative estimate of drug-likeness (QED) is 0.761. The van der Waals surface area contributed by atoms with Crippen LogP contribution in [0.2, 0.25) is 0 Å². The first-order chi connectivity index (χ1) is 7.02. The zero-order valence-corrected chi connectivity index (χ0v) is 9.95. The molecule has 0 saturated carbocycles. The summed E-state index contributed by atoms with van der Waals surface area (Å²) in [7, 11) is 0. The Kier molecular flexibility index (Phi) is 2.59. The molecule has 1 aromatic heterocycles. The van der Waals surface area contributed by atoms with Gasteiger partial charge in [-0.2, -0.15) is 0 Å². The average molecular weight is 207 g/mol. The topological polar surface area (TPSA) is 43.8 Å². The largest absolute Gasteiger partial charge is 0.332 e. The van der Waals surface area contributed by atoms with Gasteiger partial charge in [0.05, 0.1) is 0 Å². The zero-order chi connectivity index (χ0) is 11.1. The van der Waals surface area contributed by atoms with E-state index in [1.165, 1.54) is 17.9 Å². The summed E-state index contributed by atoms with van der Waals surface area (Å²) in [5.41, 5.74) is 7.23. The van der Waals surface area contributed by atoms with Crippen LogP contribution < -0.4 is 5.73 Å². The summed E-state index contributed by atoms with van der Waals surface area (Å²) in [6, 6.07) is 0. The lowest BCUT2D eigenvalue weighted by molar-refractivity contribution is 0.373. The SMILES string of the molecule is CC(C)(C)c1ncc2n1CCC(CN)C2. The Labute approximate surface area is 91.7 Å². The second-order valence-electron chi connectivity index (χ2n) is 5.57. The van der Waals surface area contributed by atoms with E-state index in [9.17, 15) is 0 Å². The molecular weight excluding hydrogens is 186 g/mol. The molecule has 15 heavy (non-hydrogen) atoms. The molecule has 0 aromatic carbocycles. The maximum absolute atomic E-state index is 5.72. The van der Waals surface area contributed by atoms with Crippen LogP contribution in [-0.2, 0) is 18.4 Å². The Morgan fingerprint density at radius 2 is 2.27 bits per heavy atom. The molecule has 0 spiro atoms. The molecule has 1 aliphatic rings. The van der Waals surface area contributed by atoms with E-state index in [4.69, 9.17) is 5.73 Å². The van der Waals surface area contributed by atoms with Crippen LogP contribution in [0.3, 0.4) is 0 Å². The highest BCUT2D eigenvalue weighted by Gasteiger charge is 2.26. The Balaban J connectivity index is 2.30. The van der Waals surface area contributed by atoms with Crippen molar-refractivity contribution in [2.24, 2.45) is 11.7 Å². The molecular formula is C12H21N3. The molecule has 2 N–H and O–H groups in total. The number of nitrogens with two attached hydrogens (primary N) is 1. The normalized spacial score (nSPS) is 21.5. The highest BCUT2D eigenvalue weighted by Crippen LogP contribution is 2.27. The molecule has 0 bridgehead atoms. The summed E-state index contributed by atoms with van der Waals surface area (Å²) in [5.74, 6) is 1.87. The van der Waals surface area contributed by atoms with Crippen LogP contribution in [0.5, 0.6) is 0 Å². The number of fused-ring (bicyclic) bond motifs is 1. The first-order valence-electron chi connectivity index (χ1n) is 5.77. The predicted molar refractivity (Wildman–Crippen MR) is 61.8 cm³/mol. The second-order valence-corrected chi connectivity index (χ2v) is 5.57. The van der Waals surface area contributed by atoms with Gasteiger partial charge < -0.3 is 10.3 Å². The van der Waals surface area contributed by atoms with Crippen molar-refractivity contribution in [1.82, 2.24) is 9.55 Å². The van der Waals surface area contributed by atoms with Gasteiger partial charge in [0.25, 0.3) is 0 Å². The minimum atomic E-state index is 0.147. The van der Waals surface area contributed by atoms with E-state index >= 15 is 0 Å². The van der Waals surface area contributed by atoms with Crippen LogP contribution in [0, 0.1) is 5.92 Å². The second kappa shape index (κ2) is 3.63. The lowest BCUT2D eigenvalue weighted by Gasteiger charge is -2.27. The van der Waals surface area contributed by atoms with E-state index in [0.717, 1.165) is 19.5 Å². The predicted octanol–water partition coefficient (Wildman–Crippen LogP) is 1.70. The molecule has 0 saturated heterocycles. The molecule has 3 heteroatoms. The van der Waals surface area contributed by atoms with Crippen molar-refractivity contribution in [3.63, 3.8) is 0 Å². The van der Waals surface area contributed by atoms with E-state index in [-0.39, 0.29) is 5.41 Å². The van der Waals surface area contributed by atoms with Crippen LogP contribution in [-0.4, -0.2) is 16.1 Å². The Morgan fingerprint density at radius 1 is 1.53 bits per heavy atom. The average Bonchev–Trinajstić information content (AvgIpc) is 2.59. The summed E-state index contributed by atoms with van der Waals surface area (Å²) in [6.45, 7) is 8.55.